The SMILES string of the molecule is CC12CCC(=O)N1c1ccccc1C(=O)N2CC(=O)NCC1(c2ccc3c(c2)OCO3)CCOCC1. The summed E-state index contributed by atoms with van der Waals surface area (Å²) in [5, 5.41) is 3.10. The monoisotopic (exact) mass is 491 g/mol. The van der Waals surface area contributed by atoms with E-state index in [2.05, 4.69) is 5.32 Å². The van der Waals surface area contributed by atoms with Gasteiger partial charge in [0.15, 0.2) is 11.5 Å². The second-order valence-electron chi connectivity index (χ2n) is 10.1. The zero-order valence-electron chi connectivity index (χ0n) is 20.2. The number of hydrogen-bond acceptors (Lipinski definition) is 6. The maximum atomic E-state index is 13.5. The fraction of sp³-hybridized carbons (Fsp3) is 0.444. The van der Waals surface area contributed by atoms with Crippen LogP contribution in [0.1, 0.15) is 48.5 Å². The smallest absolute Gasteiger partial charge is 0.258 e. The van der Waals surface area contributed by atoms with Gasteiger partial charge in [0.2, 0.25) is 18.6 Å². The van der Waals surface area contributed by atoms with Gasteiger partial charge in [-0.25, -0.2) is 0 Å². The van der Waals surface area contributed by atoms with Gasteiger partial charge in [-0.05, 0) is 56.0 Å². The van der Waals surface area contributed by atoms with E-state index in [0.717, 1.165) is 24.2 Å². The molecule has 188 valence electrons. The van der Waals surface area contributed by atoms with Crippen molar-refractivity contribution in [3.63, 3.8) is 0 Å². The van der Waals surface area contributed by atoms with Gasteiger partial charge in [0.1, 0.15) is 12.2 Å². The topological polar surface area (TPSA) is 97.4 Å². The lowest BCUT2D eigenvalue weighted by Gasteiger charge is -2.48. The third kappa shape index (κ3) is 3.52. The molecule has 4 aliphatic rings. The number of carbonyl (C=O) groups excluding carboxylic acids is 3. The number of hydrogen-bond donors (Lipinski definition) is 1. The Morgan fingerprint density at radius 1 is 1.03 bits per heavy atom. The quantitative estimate of drug-likeness (QED) is 0.691. The van der Waals surface area contributed by atoms with Gasteiger partial charge in [0.05, 0.1) is 11.3 Å². The first kappa shape index (κ1) is 22.8. The van der Waals surface area contributed by atoms with Gasteiger partial charge in [0, 0.05) is 31.6 Å². The zero-order chi connectivity index (χ0) is 24.9. The zero-order valence-corrected chi connectivity index (χ0v) is 20.2. The molecule has 4 heterocycles. The average molecular weight is 492 g/mol. The summed E-state index contributed by atoms with van der Waals surface area (Å²) in [6.07, 6.45) is 2.33. The summed E-state index contributed by atoms with van der Waals surface area (Å²) in [6, 6.07) is 13.0. The lowest BCUT2D eigenvalue weighted by Crippen LogP contribution is -2.64. The number of ether oxygens (including phenoxy) is 3. The van der Waals surface area contributed by atoms with E-state index < -0.39 is 5.66 Å². The molecule has 0 aliphatic carbocycles. The number of amides is 3. The summed E-state index contributed by atoms with van der Waals surface area (Å²) in [5.74, 6) is 0.909. The fourth-order valence-corrected chi connectivity index (χ4v) is 5.96. The number of anilines is 1. The van der Waals surface area contributed by atoms with Crippen LogP contribution in [0.2, 0.25) is 0 Å². The summed E-state index contributed by atoms with van der Waals surface area (Å²) >= 11 is 0. The van der Waals surface area contributed by atoms with Gasteiger partial charge < -0.3 is 24.4 Å². The first-order valence-electron chi connectivity index (χ1n) is 12.4. The lowest BCUT2D eigenvalue weighted by molar-refractivity contribution is -0.124. The molecule has 2 saturated heterocycles. The van der Waals surface area contributed by atoms with Crippen LogP contribution in [0.25, 0.3) is 0 Å². The Balaban J connectivity index is 1.23. The van der Waals surface area contributed by atoms with E-state index in [1.807, 2.05) is 31.2 Å². The highest BCUT2D eigenvalue weighted by molar-refractivity contribution is 6.11. The molecule has 0 aromatic heterocycles. The highest BCUT2D eigenvalue weighted by Crippen LogP contribution is 2.44. The predicted molar refractivity (Wildman–Crippen MR) is 130 cm³/mol. The van der Waals surface area contributed by atoms with E-state index in [9.17, 15) is 14.4 Å². The van der Waals surface area contributed by atoms with Crippen molar-refractivity contribution in [2.45, 2.75) is 43.7 Å². The van der Waals surface area contributed by atoms with E-state index in [4.69, 9.17) is 14.2 Å². The Labute approximate surface area is 209 Å². The Bertz CT molecular complexity index is 1240. The summed E-state index contributed by atoms with van der Waals surface area (Å²) < 4.78 is 16.7. The summed E-state index contributed by atoms with van der Waals surface area (Å²) in [5.41, 5.74) is 0.950. The maximum Gasteiger partial charge on any atom is 0.258 e. The van der Waals surface area contributed by atoms with Crippen LogP contribution in [0.5, 0.6) is 11.5 Å². The lowest BCUT2D eigenvalue weighted by atomic mass is 9.74. The van der Waals surface area contributed by atoms with E-state index in [1.165, 1.54) is 0 Å². The first-order chi connectivity index (χ1) is 17.4. The number of rotatable bonds is 5. The van der Waals surface area contributed by atoms with Gasteiger partial charge in [0.25, 0.3) is 5.91 Å². The van der Waals surface area contributed by atoms with Crippen LogP contribution in [-0.2, 0) is 19.7 Å². The predicted octanol–water partition coefficient (Wildman–Crippen LogP) is 2.58. The molecule has 0 spiro atoms. The van der Waals surface area contributed by atoms with Gasteiger partial charge in [-0.2, -0.15) is 0 Å². The molecule has 1 unspecified atom stereocenters. The number of fused-ring (bicyclic) bond motifs is 4. The van der Waals surface area contributed by atoms with Crippen LogP contribution in [-0.4, -0.2) is 61.4 Å². The average Bonchev–Trinajstić information content (AvgIpc) is 3.49. The van der Waals surface area contributed by atoms with Crippen LogP contribution in [0.15, 0.2) is 42.5 Å². The summed E-state index contributed by atoms with van der Waals surface area (Å²) in [7, 11) is 0. The second kappa shape index (κ2) is 8.51. The molecule has 6 rings (SSSR count). The number of nitrogens with one attached hydrogen (secondary N) is 1. The fourth-order valence-electron chi connectivity index (χ4n) is 5.96. The maximum absolute atomic E-state index is 13.5. The Morgan fingerprint density at radius 3 is 2.64 bits per heavy atom. The minimum absolute atomic E-state index is 0.0353. The van der Waals surface area contributed by atoms with E-state index >= 15 is 0 Å². The third-order valence-electron chi connectivity index (χ3n) is 8.11. The highest BCUT2D eigenvalue weighted by atomic mass is 16.7. The second-order valence-corrected chi connectivity index (χ2v) is 10.1. The molecule has 2 aromatic rings. The molecular weight excluding hydrogens is 462 g/mol. The number of para-hydroxylation sites is 1. The molecule has 0 radical (unpaired) electrons. The van der Waals surface area contributed by atoms with Gasteiger partial charge >= 0.3 is 0 Å². The summed E-state index contributed by atoms with van der Waals surface area (Å²) in [4.78, 5) is 42.8. The molecule has 4 aliphatic heterocycles. The molecular formula is C27H29N3O6. The van der Waals surface area contributed by atoms with Gasteiger partial charge in [-0.1, -0.05) is 18.2 Å². The Hall–Kier alpha value is -3.59. The molecule has 3 amide bonds. The highest BCUT2D eigenvalue weighted by Gasteiger charge is 2.53. The molecule has 0 bridgehead atoms. The van der Waals surface area contributed by atoms with E-state index in [-0.39, 0.29) is 36.5 Å². The van der Waals surface area contributed by atoms with Crippen molar-refractivity contribution in [1.82, 2.24) is 10.2 Å². The normalized spacial score (nSPS) is 23.9. The number of benzene rings is 2. The van der Waals surface area contributed by atoms with Crippen molar-refractivity contribution in [2.24, 2.45) is 0 Å². The minimum atomic E-state index is -0.868. The van der Waals surface area contributed by atoms with Crippen molar-refractivity contribution >= 4 is 23.4 Å². The van der Waals surface area contributed by atoms with Crippen molar-refractivity contribution in [3.05, 3.63) is 53.6 Å². The van der Waals surface area contributed by atoms with Crippen LogP contribution in [0.3, 0.4) is 0 Å². The van der Waals surface area contributed by atoms with Crippen molar-refractivity contribution < 1.29 is 28.6 Å². The Kier molecular flexibility index (Phi) is 5.40. The molecule has 0 saturated carbocycles. The molecule has 9 heteroatoms. The molecule has 36 heavy (non-hydrogen) atoms. The standard InChI is InChI=1S/C27H29N3O6/c1-26-9-8-24(32)30(26)20-5-3-2-4-19(20)25(33)29(26)15-23(31)28-16-27(10-12-34-13-11-27)18-6-7-21-22(14-18)36-17-35-21/h2-7,14H,8-13,15-17H2,1H3,(H,28,31). The molecule has 1 N–H and O–H groups in total. The van der Waals surface area contributed by atoms with Gasteiger partial charge in [-0.15, -0.1) is 0 Å². The van der Waals surface area contributed by atoms with Crippen LogP contribution in [0.4, 0.5) is 5.69 Å². The third-order valence-corrected chi connectivity index (χ3v) is 8.11. The summed E-state index contributed by atoms with van der Waals surface area (Å²) in [6.45, 7) is 3.55. The molecule has 1 atom stereocenters. The molecule has 9 nitrogen and oxygen atoms in total. The Morgan fingerprint density at radius 2 is 1.81 bits per heavy atom. The molecule has 2 fully saturated rings. The number of nitrogens with zero attached hydrogens (tertiary/aromatic N) is 2. The van der Waals surface area contributed by atoms with Crippen molar-refractivity contribution in [3.8, 4) is 11.5 Å². The first-order valence-corrected chi connectivity index (χ1v) is 12.4. The van der Waals surface area contributed by atoms with E-state index in [0.29, 0.717) is 49.6 Å². The minimum Gasteiger partial charge on any atom is -0.454 e. The van der Waals surface area contributed by atoms with Crippen molar-refractivity contribution in [1.29, 1.82) is 0 Å². The largest absolute Gasteiger partial charge is 0.454 e. The molecule has 2 aromatic carbocycles. The van der Waals surface area contributed by atoms with Crippen LogP contribution >= 0.6 is 0 Å². The van der Waals surface area contributed by atoms with Crippen molar-refractivity contribution in [2.75, 3.05) is 38.0 Å². The van der Waals surface area contributed by atoms with Crippen LogP contribution < -0.4 is 19.7 Å². The van der Waals surface area contributed by atoms with Crippen LogP contribution in [0, 0.1) is 0 Å². The van der Waals surface area contributed by atoms with E-state index in [1.54, 1.807) is 28.0 Å². The van der Waals surface area contributed by atoms with Gasteiger partial charge in [-0.3, -0.25) is 19.3 Å². The number of carbonyl (C=O) groups is 3.